The zero-order valence-corrected chi connectivity index (χ0v) is 14.8. The molecule has 0 N–H and O–H groups in total. The first-order valence-corrected chi connectivity index (χ1v) is 9.15. The van der Waals surface area contributed by atoms with Crippen molar-refractivity contribution < 1.29 is 4.79 Å². The highest BCUT2D eigenvalue weighted by Crippen LogP contribution is 2.55. The monoisotopic (exact) mass is 347 g/mol. The fraction of sp³-hybridized carbons (Fsp3) is 0.400. The van der Waals surface area contributed by atoms with Crippen molar-refractivity contribution in [2.45, 2.75) is 25.2 Å². The summed E-state index contributed by atoms with van der Waals surface area (Å²) in [4.78, 5) is 19.7. The van der Waals surface area contributed by atoms with Gasteiger partial charge in [0.2, 0.25) is 0 Å². The van der Waals surface area contributed by atoms with Crippen LogP contribution in [0.2, 0.25) is 0 Å². The summed E-state index contributed by atoms with van der Waals surface area (Å²) in [5.41, 5.74) is 1.55. The van der Waals surface area contributed by atoms with E-state index in [0.29, 0.717) is 12.2 Å². The van der Waals surface area contributed by atoms with Gasteiger partial charge in [-0.3, -0.25) is 4.79 Å². The van der Waals surface area contributed by atoms with Crippen molar-refractivity contribution in [3.8, 4) is 0 Å². The molecule has 132 valence electrons. The van der Waals surface area contributed by atoms with Gasteiger partial charge in [0.1, 0.15) is 17.8 Å². The fourth-order valence-corrected chi connectivity index (χ4v) is 4.57. The number of rotatable bonds is 2. The number of hydrogen-bond donors (Lipinski definition) is 0. The van der Waals surface area contributed by atoms with Gasteiger partial charge in [-0.2, -0.15) is 0 Å². The van der Waals surface area contributed by atoms with E-state index >= 15 is 0 Å². The molecule has 3 heterocycles. The maximum Gasteiger partial charge on any atom is 0.272 e. The lowest BCUT2D eigenvalue weighted by Gasteiger charge is -2.42. The van der Waals surface area contributed by atoms with Crippen LogP contribution in [-0.2, 0) is 7.05 Å². The van der Waals surface area contributed by atoms with E-state index in [1.165, 1.54) is 6.42 Å². The highest BCUT2D eigenvalue weighted by Gasteiger charge is 2.53. The number of benzene rings is 1. The quantitative estimate of drug-likeness (QED) is 0.715. The number of fused-ring (bicyclic) bond motifs is 1. The Morgan fingerprint density at radius 3 is 2.77 bits per heavy atom. The number of pyridine rings is 1. The Bertz CT molecular complexity index is 991. The molecule has 1 amide bonds. The predicted octanol–water partition coefficient (Wildman–Crippen LogP) is 2.77. The zero-order chi connectivity index (χ0) is 17.7. The molecule has 3 aromatic rings. The van der Waals surface area contributed by atoms with Crippen LogP contribution in [0, 0.1) is 5.41 Å². The largest absolute Gasteiger partial charge is 0.336 e. The van der Waals surface area contributed by atoms with Crippen molar-refractivity contribution in [3.63, 3.8) is 0 Å². The molecule has 0 bridgehead atoms. The molecule has 1 saturated heterocycles. The van der Waals surface area contributed by atoms with Crippen molar-refractivity contribution in [2.75, 3.05) is 13.1 Å². The number of para-hydroxylation sites is 1. The minimum absolute atomic E-state index is 0.0201. The Labute approximate surface area is 151 Å². The summed E-state index contributed by atoms with van der Waals surface area (Å²) < 4.78 is 1.99. The molecule has 26 heavy (non-hydrogen) atoms. The van der Waals surface area contributed by atoms with Crippen molar-refractivity contribution >= 4 is 16.8 Å². The van der Waals surface area contributed by atoms with E-state index in [1.54, 1.807) is 6.33 Å². The van der Waals surface area contributed by atoms with E-state index < -0.39 is 0 Å². The number of hydrogen-bond acceptors (Lipinski definition) is 4. The second-order valence-electron chi connectivity index (χ2n) is 7.64. The Balaban J connectivity index is 1.46. The van der Waals surface area contributed by atoms with Gasteiger partial charge in [0.05, 0.1) is 5.52 Å². The second kappa shape index (κ2) is 5.62. The first-order valence-electron chi connectivity index (χ1n) is 9.15. The molecule has 1 aliphatic heterocycles. The molecule has 2 aliphatic rings. The van der Waals surface area contributed by atoms with Crippen LogP contribution in [0.15, 0.2) is 42.7 Å². The number of likely N-dealkylation sites (tertiary alicyclic amines) is 1. The Hall–Kier alpha value is -2.76. The van der Waals surface area contributed by atoms with Crippen LogP contribution in [-0.4, -0.2) is 43.6 Å². The van der Waals surface area contributed by atoms with Crippen molar-refractivity contribution in [3.05, 3.63) is 54.2 Å². The summed E-state index contributed by atoms with van der Waals surface area (Å²) in [6.45, 7) is 1.48. The van der Waals surface area contributed by atoms with E-state index in [4.69, 9.17) is 0 Å². The van der Waals surface area contributed by atoms with E-state index in [2.05, 4.69) is 15.2 Å². The molecular formula is C20H21N5O. The van der Waals surface area contributed by atoms with E-state index in [0.717, 1.165) is 36.1 Å². The lowest BCUT2D eigenvalue weighted by Crippen LogP contribution is -2.38. The lowest BCUT2D eigenvalue weighted by atomic mass is 9.62. The van der Waals surface area contributed by atoms with Crippen LogP contribution in [0.4, 0.5) is 0 Å². The van der Waals surface area contributed by atoms with Crippen molar-refractivity contribution in [2.24, 2.45) is 12.5 Å². The SMILES string of the molecule is Cn1cnnc1C1CN(C(=O)c2ccc3ccccc3n2)CC12CCC2. The van der Waals surface area contributed by atoms with E-state index in [9.17, 15) is 4.79 Å². The molecule has 0 radical (unpaired) electrons. The summed E-state index contributed by atoms with van der Waals surface area (Å²) >= 11 is 0. The Morgan fingerprint density at radius 2 is 2.04 bits per heavy atom. The van der Waals surface area contributed by atoms with Gasteiger partial charge < -0.3 is 9.47 Å². The van der Waals surface area contributed by atoms with Crippen molar-refractivity contribution in [1.82, 2.24) is 24.6 Å². The third-order valence-electron chi connectivity index (χ3n) is 6.16. The Morgan fingerprint density at radius 1 is 1.19 bits per heavy atom. The molecule has 6 heteroatoms. The van der Waals surface area contributed by atoms with Gasteiger partial charge in [-0.1, -0.05) is 30.7 Å². The molecule has 1 saturated carbocycles. The molecule has 1 aromatic carbocycles. The minimum Gasteiger partial charge on any atom is -0.336 e. The molecule has 6 nitrogen and oxygen atoms in total. The molecule has 2 fully saturated rings. The van der Waals surface area contributed by atoms with Gasteiger partial charge in [0, 0.05) is 31.4 Å². The van der Waals surface area contributed by atoms with Crippen LogP contribution in [0.25, 0.3) is 10.9 Å². The van der Waals surface area contributed by atoms with Crippen LogP contribution >= 0.6 is 0 Å². The molecular weight excluding hydrogens is 326 g/mol. The third-order valence-corrected chi connectivity index (χ3v) is 6.16. The maximum absolute atomic E-state index is 13.1. The van der Waals surface area contributed by atoms with Gasteiger partial charge in [-0.15, -0.1) is 10.2 Å². The topological polar surface area (TPSA) is 63.9 Å². The normalized spacial score (nSPS) is 21.3. The average Bonchev–Trinajstić information content (AvgIpc) is 3.24. The summed E-state index contributed by atoms with van der Waals surface area (Å²) in [6, 6.07) is 11.7. The minimum atomic E-state index is 0.0201. The summed E-state index contributed by atoms with van der Waals surface area (Å²) in [7, 11) is 1.98. The number of carbonyl (C=O) groups excluding carboxylic acids is 1. The number of aryl methyl sites for hydroxylation is 1. The Kier molecular flexibility index (Phi) is 3.35. The van der Waals surface area contributed by atoms with Crippen LogP contribution in [0.5, 0.6) is 0 Å². The van der Waals surface area contributed by atoms with Crippen LogP contribution < -0.4 is 0 Å². The maximum atomic E-state index is 13.1. The molecule has 1 unspecified atom stereocenters. The summed E-state index contributed by atoms with van der Waals surface area (Å²) in [5.74, 6) is 1.27. The van der Waals surface area contributed by atoms with Crippen LogP contribution in [0.1, 0.15) is 41.5 Å². The second-order valence-corrected chi connectivity index (χ2v) is 7.64. The molecule has 1 spiro atoms. The van der Waals surface area contributed by atoms with Gasteiger partial charge >= 0.3 is 0 Å². The van der Waals surface area contributed by atoms with Crippen molar-refractivity contribution in [1.29, 1.82) is 0 Å². The fourth-order valence-electron chi connectivity index (χ4n) is 4.57. The standard InChI is InChI=1S/C20H21N5O/c1-24-13-21-23-18(24)15-11-25(12-20(15)9-4-10-20)19(26)17-8-7-14-5-2-3-6-16(14)22-17/h2-3,5-8,13,15H,4,9-12H2,1H3. The summed E-state index contributed by atoms with van der Waals surface area (Å²) in [6.07, 6.45) is 5.28. The molecule has 5 rings (SSSR count). The highest BCUT2D eigenvalue weighted by molar-refractivity contribution is 5.95. The number of nitrogens with zero attached hydrogens (tertiary/aromatic N) is 5. The lowest BCUT2D eigenvalue weighted by molar-refractivity contribution is 0.0718. The molecule has 2 aromatic heterocycles. The third kappa shape index (κ3) is 2.25. The first-order chi connectivity index (χ1) is 12.7. The predicted molar refractivity (Wildman–Crippen MR) is 97.7 cm³/mol. The number of aromatic nitrogens is 4. The molecule has 1 atom stereocenters. The zero-order valence-electron chi connectivity index (χ0n) is 14.8. The van der Waals surface area contributed by atoms with E-state index in [-0.39, 0.29) is 17.2 Å². The average molecular weight is 347 g/mol. The molecule has 1 aliphatic carbocycles. The smallest absolute Gasteiger partial charge is 0.272 e. The van der Waals surface area contributed by atoms with Gasteiger partial charge in [-0.25, -0.2) is 4.98 Å². The van der Waals surface area contributed by atoms with Crippen LogP contribution in [0.3, 0.4) is 0 Å². The van der Waals surface area contributed by atoms with Gasteiger partial charge in [0.25, 0.3) is 5.91 Å². The number of carbonyl (C=O) groups is 1. The van der Waals surface area contributed by atoms with E-state index in [1.807, 2.05) is 52.9 Å². The number of amides is 1. The van der Waals surface area contributed by atoms with Gasteiger partial charge in [-0.05, 0) is 30.4 Å². The van der Waals surface area contributed by atoms with Gasteiger partial charge in [0.15, 0.2) is 0 Å². The summed E-state index contributed by atoms with van der Waals surface area (Å²) in [5, 5.41) is 9.45. The first kappa shape index (κ1) is 15.5. The highest BCUT2D eigenvalue weighted by atomic mass is 16.2.